The number of piperidine rings is 1. The van der Waals surface area contributed by atoms with Gasteiger partial charge in [0.2, 0.25) is 0 Å². The van der Waals surface area contributed by atoms with Gasteiger partial charge in [-0.2, -0.15) is 0 Å². The molecule has 2 nitrogen and oxygen atoms in total. The molecule has 2 N–H and O–H groups in total. The molecule has 2 saturated carbocycles. The van der Waals surface area contributed by atoms with Crippen molar-refractivity contribution in [3.8, 4) is 0 Å². The number of fused-ring (bicyclic) bond motifs is 1. The molecule has 3 rings (SSSR count). The minimum absolute atomic E-state index is 0.180. The van der Waals surface area contributed by atoms with Crippen molar-refractivity contribution in [3.63, 3.8) is 0 Å². The molecule has 0 bridgehead atoms. The predicted octanol–water partition coefficient (Wildman–Crippen LogP) is 3.69. The van der Waals surface area contributed by atoms with Crippen molar-refractivity contribution in [1.29, 1.82) is 0 Å². The Morgan fingerprint density at radius 1 is 0.895 bits per heavy atom. The molecule has 19 heavy (non-hydrogen) atoms. The molecule has 0 unspecified atom stereocenters. The van der Waals surface area contributed by atoms with E-state index in [1.54, 1.807) is 0 Å². The number of hydrogen-bond donors (Lipinski definition) is 1. The van der Waals surface area contributed by atoms with E-state index in [4.69, 9.17) is 5.73 Å². The summed E-state index contributed by atoms with van der Waals surface area (Å²) in [5, 5.41) is 0. The van der Waals surface area contributed by atoms with E-state index in [9.17, 15) is 0 Å². The maximum Gasteiger partial charge on any atom is 0.0166 e. The highest BCUT2D eigenvalue weighted by Gasteiger charge is 2.34. The molecule has 3 aliphatic rings. The smallest absolute Gasteiger partial charge is 0.0166 e. The Bertz CT molecular complexity index is 281. The van der Waals surface area contributed by atoms with E-state index in [2.05, 4.69) is 4.90 Å². The Hall–Kier alpha value is -0.0800. The molecule has 1 heterocycles. The van der Waals surface area contributed by atoms with Crippen LogP contribution in [0.25, 0.3) is 0 Å². The molecule has 3 fully saturated rings. The van der Waals surface area contributed by atoms with Crippen LogP contribution >= 0.6 is 0 Å². The van der Waals surface area contributed by atoms with Crippen molar-refractivity contribution >= 4 is 0 Å². The number of likely N-dealkylation sites (tertiary alicyclic amines) is 1. The number of hydrogen-bond acceptors (Lipinski definition) is 2. The van der Waals surface area contributed by atoms with Crippen molar-refractivity contribution in [2.45, 2.75) is 88.6 Å². The van der Waals surface area contributed by atoms with Gasteiger partial charge in [0.25, 0.3) is 0 Å². The van der Waals surface area contributed by atoms with Gasteiger partial charge in [0.1, 0.15) is 0 Å². The van der Waals surface area contributed by atoms with E-state index in [0.29, 0.717) is 0 Å². The van der Waals surface area contributed by atoms with Crippen LogP contribution in [0.2, 0.25) is 0 Å². The minimum atomic E-state index is 0.180. The number of nitrogens with zero attached hydrogens (tertiary/aromatic N) is 1. The molecular formula is C17H32N2. The minimum Gasteiger partial charge on any atom is -0.325 e. The molecule has 2 aliphatic carbocycles. The molecule has 2 atom stereocenters. The topological polar surface area (TPSA) is 29.3 Å². The van der Waals surface area contributed by atoms with Gasteiger partial charge in [0, 0.05) is 18.1 Å². The second-order valence-corrected chi connectivity index (χ2v) is 7.46. The fourth-order valence-corrected chi connectivity index (χ4v) is 4.88. The summed E-state index contributed by atoms with van der Waals surface area (Å²) >= 11 is 0. The van der Waals surface area contributed by atoms with Gasteiger partial charge < -0.3 is 10.6 Å². The zero-order valence-corrected chi connectivity index (χ0v) is 12.6. The van der Waals surface area contributed by atoms with Gasteiger partial charge in [-0.15, -0.1) is 0 Å². The van der Waals surface area contributed by atoms with Gasteiger partial charge in [0.15, 0.2) is 0 Å². The van der Waals surface area contributed by atoms with Crippen molar-refractivity contribution in [3.05, 3.63) is 0 Å². The van der Waals surface area contributed by atoms with Crippen LogP contribution in [0.4, 0.5) is 0 Å². The molecule has 0 amide bonds. The van der Waals surface area contributed by atoms with Crippen LogP contribution in [-0.4, -0.2) is 29.6 Å². The Morgan fingerprint density at radius 2 is 1.63 bits per heavy atom. The van der Waals surface area contributed by atoms with Gasteiger partial charge in [0.05, 0.1) is 0 Å². The number of rotatable bonds is 3. The highest BCUT2D eigenvalue weighted by atomic mass is 15.2. The van der Waals surface area contributed by atoms with Crippen molar-refractivity contribution < 1.29 is 0 Å². The van der Waals surface area contributed by atoms with Gasteiger partial charge >= 0.3 is 0 Å². The van der Waals surface area contributed by atoms with E-state index in [1.807, 2.05) is 0 Å². The quantitative estimate of drug-likeness (QED) is 0.842. The summed E-state index contributed by atoms with van der Waals surface area (Å²) in [5.74, 6) is 1.02. The average molecular weight is 264 g/mol. The maximum atomic E-state index is 6.62. The van der Waals surface area contributed by atoms with Crippen LogP contribution in [0.3, 0.4) is 0 Å². The van der Waals surface area contributed by atoms with E-state index >= 15 is 0 Å². The van der Waals surface area contributed by atoms with Crippen LogP contribution in [-0.2, 0) is 0 Å². The molecule has 1 aliphatic heterocycles. The fourth-order valence-electron chi connectivity index (χ4n) is 4.88. The van der Waals surface area contributed by atoms with Gasteiger partial charge in [-0.1, -0.05) is 32.1 Å². The summed E-state index contributed by atoms with van der Waals surface area (Å²) in [6.45, 7) is 2.62. The monoisotopic (exact) mass is 264 g/mol. The Labute approximate surface area is 119 Å². The third kappa shape index (κ3) is 3.33. The zero-order chi connectivity index (χ0) is 13.1. The van der Waals surface area contributed by atoms with Crippen molar-refractivity contribution in [2.75, 3.05) is 13.1 Å². The van der Waals surface area contributed by atoms with Crippen molar-refractivity contribution in [1.82, 2.24) is 4.90 Å². The highest BCUT2D eigenvalue weighted by molar-refractivity contribution is 4.91. The molecule has 2 heteroatoms. The van der Waals surface area contributed by atoms with Crippen LogP contribution in [0.1, 0.15) is 77.0 Å². The first-order valence-electron chi connectivity index (χ1n) is 8.80. The normalized spacial score (nSPS) is 35.8. The lowest BCUT2D eigenvalue weighted by Crippen LogP contribution is -2.50. The lowest BCUT2D eigenvalue weighted by Gasteiger charge is -2.45. The van der Waals surface area contributed by atoms with Gasteiger partial charge in [-0.25, -0.2) is 0 Å². The van der Waals surface area contributed by atoms with Crippen molar-refractivity contribution in [2.24, 2.45) is 11.7 Å². The standard InChI is InChI=1S/C17H32N2/c18-17(10-4-1-5-11-17)12-14-19-13-6-8-15-7-2-3-9-16(15)19/h15-16H,1-14,18H2/t15-,16-/m1/s1. The van der Waals surface area contributed by atoms with Crippen LogP contribution in [0.5, 0.6) is 0 Å². The second kappa shape index (κ2) is 6.13. The summed E-state index contributed by atoms with van der Waals surface area (Å²) in [4.78, 5) is 2.82. The molecule has 0 aromatic rings. The third-order valence-electron chi connectivity index (χ3n) is 6.10. The first-order valence-corrected chi connectivity index (χ1v) is 8.80. The SMILES string of the molecule is NC1(CCN2CCC[C@H]3CCCC[C@H]32)CCCCC1. The van der Waals surface area contributed by atoms with E-state index in [1.165, 1.54) is 90.1 Å². The zero-order valence-electron chi connectivity index (χ0n) is 12.6. The summed E-state index contributed by atoms with van der Waals surface area (Å²) in [6, 6.07) is 0.912. The Kier molecular flexibility index (Phi) is 4.48. The Balaban J connectivity index is 1.53. The fraction of sp³-hybridized carbons (Fsp3) is 1.00. The average Bonchev–Trinajstić information content (AvgIpc) is 2.46. The van der Waals surface area contributed by atoms with Gasteiger partial charge in [-0.3, -0.25) is 0 Å². The molecule has 1 saturated heterocycles. The molecule has 110 valence electrons. The molecule has 0 radical (unpaired) electrons. The van der Waals surface area contributed by atoms with Crippen LogP contribution in [0.15, 0.2) is 0 Å². The lowest BCUT2D eigenvalue weighted by atomic mass is 9.77. The molecule has 0 spiro atoms. The maximum absolute atomic E-state index is 6.62. The summed E-state index contributed by atoms with van der Waals surface area (Å²) in [5.41, 5.74) is 6.80. The van der Waals surface area contributed by atoms with Gasteiger partial charge in [-0.05, 0) is 57.4 Å². The van der Waals surface area contributed by atoms with E-state index in [-0.39, 0.29) is 5.54 Å². The Morgan fingerprint density at radius 3 is 2.47 bits per heavy atom. The van der Waals surface area contributed by atoms with E-state index < -0.39 is 0 Å². The second-order valence-electron chi connectivity index (χ2n) is 7.46. The third-order valence-corrected chi connectivity index (χ3v) is 6.10. The first kappa shape index (κ1) is 13.9. The lowest BCUT2D eigenvalue weighted by molar-refractivity contribution is 0.0522. The highest BCUT2D eigenvalue weighted by Crippen LogP contribution is 2.36. The summed E-state index contributed by atoms with van der Waals surface area (Å²) < 4.78 is 0. The van der Waals surface area contributed by atoms with E-state index in [0.717, 1.165) is 12.0 Å². The summed E-state index contributed by atoms with van der Waals surface area (Å²) in [6.07, 6.45) is 16.8. The molecular weight excluding hydrogens is 232 g/mol. The number of nitrogens with two attached hydrogens (primary N) is 1. The molecule has 0 aromatic carbocycles. The summed E-state index contributed by atoms with van der Waals surface area (Å²) in [7, 11) is 0. The predicted molar refractivity (Wildman–Crippen MR) is 81.2 cm³/mol. The van der Waals surface area contributed by atoms with Crippen LogP contribution < -0.4 is 5.73 Å². The largest absolute Gasteiger partial charge is 0.325 e. The van der Waals surface area contributed by atoms with Crippen LogP contribution in [0, 0.1) is 5.92 Å². The molecule has 0 aromatic heterocycles. The first-order chi connectivity index (χ1) is 9.27.